The quantitative estimate of drug-likeness (QED) is 0.815. The van der Waals surface area contributed by atoms with Crippen LogP contribution in [0.2, 0.25) is 0 Å². The fourth-order valence-electron chi connectivity index (χ4n) is 1.92. The van der Waals surface area contributed by atoms with Crippen molar-refractivity contribution in [1.82, 2.24) is 10.2 Å². The molecule has 2 N–H and O–H groups in total. The molecule has 0 bridgehead atoms. The lowest BCUT2D eigenvalue weighted by molar-refractivity contribution is -0.127. The van der Waals surface area contributed by atoms with Crippen LogP contribution in [0.1, 0.15) is 6.92 Å². The van der Waals surface area contributed by atoms with Crippen molar-refractivity contribution in [3.8, 4) is 0 Å². The molecule has 18 heavy (non-hydrogen) atoms. The zero-order valence-corrected chi connectivity index (χ0v) is 10.3. The second-order valence-corrected chi connectivity index (χ2v) is 4.35. The first-order valence-electron chi connectivity index (χ1n) is 6.03. The van der Waals surface area contributed by atoms with Crippen LogP contribution in [0.4, 0.5) is 5.69 Å². The second kappa shape index (κ2) is 5.64. The molecule has 1 aromatic rings. The molecule has 1 aliphatic heterocycles. The number of hydrogen-bond acceptors (Lipinski definition) is 3. The van der Waals surface area contributed by atoms with Gasteiger partial charge in [-0.2, -0.15) is 0 Å². The van der Waals surface area contributed by atoms with E-state index < -0.39 is 0 Å². The van der Waals surface area contributed by atoms with Crippen LogP contribution < -0.4 is 10.6 Å². The van der Waals surface area contributed by atoms with Gasteiger partial charge in [0.05, 0.1) is 12.6 Å². The summed E-state index contributed by atoms with van der Waals surface area (Å²) in [6.45, 7) is 3.40. The standard InChI is InChI=1S/C13H17N3O2/c1-10(16-8-7-14-12(17)9-16)13(18)15-11-5-3-2-4-6-11/h2-6,10H,7-9H2,1H3,(H,14,17)(H,15,18)/t10-/m0/s1. The molecule has 2 rings (SSSR count). The number of hydrogen-bond donors (Lipinski definition) is 2. The molecule has 5 heteroatoms. The van der Waals surface area contributed by atoms with Gasteiger partial charge in [-0.25, -0.2) is 0 Å². The molecule has 1 saturated heterocycles. The molecule has 1 fully saturated rings. The number of benzene rings is 1. The van der Waals surface area contributed by atoms with E-state index in [1.54, 1.807) is 0 Å². The highest BCUT2D eigenvalue weighted by Gasteiger charge is 2.25. The summed E-state index contributed by atoms with van der Waals surface area (Å²) in [5, 5.41) is 5.58. The predicted molar refractivity (Wildman–Crippen MR) is 69.1 cm³/mol. The summed E-state index contributed by atoms with van der Waals surface area (Å²) in [7, 11) is 0. The van der Waals surface area contributed by atoms with Gasteiger partial charge in [-0.15, -0.1) is 0 Å². The van der Waals surface area contributed by atoms with Crippen LogP contribution in [0, 0.1) is 0 Å². The summed E-state index contributed by atoms with van der Waals surface area (Å²) in [6.07, 6.45) is 0. The van der Waals surface area contributed by atoms with Gasteiger partial charge >= 0.3 is 0 Å². The van der Waals surface area contributed by atoms with Crippen LogP contribution in [0.5, 0.6) is 0 Å². The van der Waals surface area contributed by atoms with Crippen molar-refractivity contribution in [2.24, 2.45) is 0 Å². The largest absolute Gasteiger partial charge is 0.354 e. The molecule has 1 aromatic carbocycles. The Morgan fingerprint density at radius 2 is 2.11 bits per heavy atom. The number of amides is 2. The number of piperazine rings is 1. The Kier molecular flexibility index (Phi) is 3.94. The summed E-state index contributed by atoms with van der Waals surface area (Å²) in [4.78, 5) is 25.2. The van der Waals surface area contributed by atoms with Crippen molar-refractivity contribution in [3.63, 3.8) is 0 Å². The highest BCUT2D eigenvalue weighted by atomic mass is 16.2. The summed E-state index contributed by atoms with van der Waals surface area (Å²) in [5.41, 5.74) is 0.774. The topological polar surface area (TPSA) is 61.4 Å². The van der Waals surface area contributed by atoms with E-state index in [1.165, 1.54) is 0 Å². The number of rotatable bonds is 3. The summed E-state index contributed by atoms with van der Waals surface area (Å²) >= 11 is 0. The maximum Gasteiger partial charge on any atom is 0.241 e. The van der Waals surface area contributed by atoms with Crippen molar-refractivity contribution in [1.29, 1.82) is 0 Å². The Morgan fingerprint density at radius 3 is 2.78 bits per heavy atom. The Balaban J connectivity index is 1.94. The minimum Gasteiger partial charge on any atom is -0.354 e. The van der Waals surface area contributed by atoms with Crippen molar-refractivity contribution in [3.05, 3.63) is 30.3 Å². The number of anilines is 1. The third kappa shape index (κ3) is 3.07. The molecule has 1 heterocycles. The molecule has 2 amide bonds. The number of carbonyl (C=O) groups excluding carboxylic acids is 2. The van der Waals surface area contributed by atoms with Gasteiger partial charge in [0.2, 0.25) is 11.8 Å². The SMILES string of the molecule is C[C@@H](C(=O)Nc1ccccc1)N1CCNC(=O)C1. The summed E-state index contributed by atoms with van der Waals surface area (Å²) < 4.78 is 0. The second-order valence-electron chi connectivity index (χ2n) is 4.35. The first-order valence-corrected chi connectivity index (χ1v) is 6.03. The number of carbonyl (C=O) groups is 2. The monoisotopic (exact) mass is 247 g/mol. The Hall–Kier alpha value is -1.88. The van der Waals surface area contributed by atoms with Crippen LogP contribution in [0.3, 0.4) is 0 Å². The Labute approximate surface area is 106 Å². The number of para-hydroxylation sites is 1. The van der Waals surface area contributed by atoms with Gasteiger partial charge in [0, 0.05) is 18.8 Å². The Bertz CT molecular complexity index is 433. The fourth-order valence-corrected chi connectivity index (χ4v) is 1.92. The summed E-state index contributed by atoms with van der Waals surface area (Å²) in [5.74, 6) is -0.114. The Morgan fingerprint density at radius 1 is 1.39 bits per heavy atom. The van der Waals surface area contributed by atoms with Crippen molar-refractivity contribution in [2.75, 3.05) is 25.0 Å². The van der Waals surface area contributed by atoms with E-state index in [9.17, 15) is 9.59 Å². The maximum atomic E-state index is 12.0. The van der Waals surface area contributed by atoms with Gasteiger partial charge in [0.1, 0.15) is 0 Å². The first-order chi connectivity index (χ1) is 8.66. The highest BCUT2D eigenvalue weighted by molar-refractivity contribution is 5.95. The van der Waals surface area contributed by atoms with E-state index in [1.807, 2.05) is 42.2 Å². The minimum atomic E-state index is -0.309. The van der Waals surface area contributed by atoms with Crippen LogP contribution in [0.25, 0.3) is 0 Å². The zero-order chi connectivity index (χ0) is 13.0. The third-order valence-corrected chi connectivity index (χ3v) is 3.04. The van der Waals surface area contributed by atoms with Gasteiger partial charge in [0.15, 0.2) is 0 Å². The maximum absolute atomic E-state index is 12.0. The van der Waals surface area contributed by atoms with Crippen LogP contribution >= 0.6 is 0 Å². The minimum absolute atomic E-state index is 0.0272. The first kappa shape index (κ1) is 12.6. The smallest absolute Gasteiger partial charge is 0.241 e. The molecule has 0 radical (unpaired) electrons. The van der Waals surface area contributed by atoms with E-state index in [0.29, 0.717) is 13.1 Å². The van der Waals surface area contributed by atoms with E-state index in [2.05, 4.69) is 10.6 Å². The molecule has 96 valence electrons. The average Bonchev–Trinajstić information content (AvgIpc) is 2.39. The third-order valence-electron chi connectivity index (χ3n) is 3.04. The van der Waals surface area contributed by atoms with Crippen molar-refractivity contribution in [2.45, 2.75) is 13.0 Å². The van der Waals surface area contributed by atoms with Gasteiger partial charge in [-0.3, -0.25) is 14.5 Å². The normalized spacial score (nSPS) is 17.9. The molecule has 5 nitrogen and oxygen atoms in total. The van der Waals surface area contributed by atoms with E-state index in [4.69, 9.17) is 0 Å². The molecule has 0 aliphatic carbocycles. The lowest BCUT2D eigenvalue weighted by Crippen LogP contribution is -2.53. The van der Waals surface area contributed by atoms with Gasteiger partial charge in [0.25, 0.3) is 0 Å². The molecule has 0 aromatic heterocycles. The molecule has 1 atom stereocenters. The van der Waals surface area contributed by atoms with Gasteiger partial charge in [-0.1, -0.05) is 18.2 Å². The summed E-state index contributed by atoms with van der Waals surface area (Å²) in [6, 6.07) is 9.01. The van der Waals surface area contributed by atoms with E-state index in [-0.39, 0.29) is 24.4 Å². The molecule has 0 spiro atoms. The van der Waals surface area contributed by atoms with Crippen LogP contribution in [0.15, 0.2) is 30.3 Å². The molecular formula is C13H17N3O2. The van der Waals surface area contributed by atoms with Gasteiger partial charge in [-0.05, 0) is 19.1 Å². The lowest BCUT2D eigenvalue weighted by atomic mass is 10.2. The predicted octanol–water partition coefficient (Wildman–Crippen LogP) is 0.445. The zero-order valence-electron chi connectivity index (χ0n) is 10.3. The molecular weight excluding hydrogens is 230 g/mol. The van der Waals surface area contributed by atoms with Crippen LogP contribution in [-0.2, 0) is 9.59 Å². The van der Waals surface area contributed by atoms with Crippen LogP contribution in [-0.4, -0.2) is 42.4 Å². The lowest BCUT2D eigenvalue weighted by Gasteiger charge is -2.31. The van der Waals surface area contributed by atoms with E-state index in [0.717, 1.165) is 5.69 Å². The fraction of sp³-hybridized carbons (Fsp3) is 0.385. The number of nitrogens with zero attached hydrogens (tertiary/aromatic N) is 1. The molecule has 0 unspecified atom stereocenters. The highest BCUT2D eigenvalue weighted by Crippen LogP contribution is 2.08. The molecule has 0 saturated carbocycles. The van der Waals surface area contributed by atoms with Crippen molar-refractivity contribution < 1.29 is 9.59 Å². The number of nitrogens with one attached hydrogen (secondary N) is 2. The van der Waals surface area contributed by atoms with Crippen molar-refractivity contribution >= 4 is 17.5 Å². The molecule has 1 aliphatic rings. The van der Waals surface area contributed by atoms with E-state index >= 15 is 0 Å². The van der Waals surface area contributed by atoms with Gasteiger partial charge < -0.3 is 10.6 Å². The average molecular weight is 247 g/mol.